The predicted molar refractivity (Wildman–Crippen MR) is 112 cm³/mol. The topological polar surface area (TPSA) is 72.8 Å². The number of nitrogens with zero attached hydrogens (tertiary/aromatic N) is 3. The van der Waals surface area contributed by atoms with Crippen molar-refractivity contribution < 1.29 is 18.9 Å². The Bertz CT molecular complexity index is 942. The van der Waals surface area contributed by atoms with Crippen molar-refractivity contribution in [3.63, 3.8) is 0 Å². The molecular formula is C21H20BrN3O3. The number of hydrogen-bond donors (Lipinski definition) is 0. The minimum Gasteiger partial charge on any atom is -0.763 e. The first-order valence-corrected chi connectivity index (χ1v) is 9.31. The summed E-state index contributed by atoms with van der Waals surface area (Å²) in [6.45, 7) is 1.79. The van der Waals surface area contributed by atoms with Gasteiger partial charge in [0.2, 0.25) is 0 Å². The third-order valence-electron chi connectivity index (χ3n) is 3.84. The number of rotatable bonds is 7. The summed E-state index contributed by atoms with van der Waals surface area (Å²) >= 11 is 3.34. The fourth-order valence-corrected chi connectivity index (χ4v) is 2.63. The third kappa shape index (κ3) is 5.25. The molecule has 6 nitrogen and oxygen atoms in total. The van der Waals surface area contributed by atoms with Crippen molar-refractivity contribution in [1.29, 1.82) is 0 Å². The summed E-state index contributed by atoms with van der Waals surface area (Å²) < 4.78 is 7.33. The Kier molecular flexibility index (Phi) is 7.44. The van der Waals surface area contributed by atoms with Gasteiger partial charge in [-0.15, -0.1) is 0 Å². The molecule has 0 radical (unpaired) electrons. The molecule has 2 aromatic rings. The maximum Gasteiger partial charge on any atom is 0.344 e. The summed E-state index contributed by atoms with van der Waals surface area (Å²) in [5.41, 5.74) is 1.30. The zero-order chi connectivity index (χ0) is 20.7. The zero-order valence-electron chi connectivity index (χ0n) is 15.8. The van der Waals surface area contributed by atoms with Crippen LogP contribution in [-0.4, -0.2) is 38.3 Å². The first-order chi connectivity index (χ1) is 13.4. The Morgan fingerprint density at radius 3 is 2.29 bits per heavy atom. The lowest BCUT2D eigenvalue weighted by Crippen LogP contribution is -2.36. The number of ether oxygens (including phenoxy) is 1. The molecule has 0 N–H and O–H groups in total. The monoisotopic (exact) mass is 441 g/mol. The second kappa shape index (κ2) is 9.78. The van der Waals surface area contributed by atoms with Gasteiger partial charge < -0.3 is 15.0 Å². The molecule has 1 aromatic carbocycles. The maximum absolute atomic E-state index is 13.1. The van der Waals surface area contributed by atoms with E-state index in [0.717, 1.165) is 10.2 Å². The number of hydrogen-bond acceptors (Lipinski definition) is 4. The van der Waals surface area contributed by atoms with Crippen LogP contribution in [0.25, 0.3) is 11.1 Å². The molecule has 1 aromatic heterocycles. The van der Waals surface area contributed by atoms with E-state index < -0.39 is 5.97 Å². The number of Topliss-reactive ketones (excluding diaryl/α,β-unsaturated/α-hetero) is 1. The van der Waals surface area contributed by atoms with E-state index in [4.69, 9.17) is 4.74 Å². The third-order valence-corrected chi connectivity index (χ3v) is 4.37. The van der Waals surface area contributed by atoms with Crippen molar-refractivity contribution in [2.24, 2.45) is 0 Å². The lowest BCUT2D eigenvalue weighted by molar-refractivity contribution is -0.576. The Morgan fingerprint density at radius 2 is 1.79 bits per heavy atom. The zero-order valence-corrected chi connectivity index (χ0v) is 17.4. The van der Waals surface area contributed by atoms with Crippen LogP contribution in [0.2, 0.25) is 0 Å². The molecule has 0 fully saturated rings. The van der Waals surface area contributed by atoms with Gasteiger partial charge in [0, 0.05) is 48.0 Å². The van der Waals surface area contributed by atoms with Crippen LogP contribution in [0, 0.1) is 0 Å². The van der Waals surface area contributed by atoms with Crippen LogP contribution >= 0.6 is 15.9 Å². The number of carbonyl (C=O) groups excluding carboxylic acids is 2. The number of halogens is 1. The smallest absolute Gasteiger partial charge is 0.344 e. The van der Waals surface area contributed by atoms with Crippen LogP contribution in [-0.2, 0) is 9.53 Å². The summed E-state index contributed by atoms with van der Waals surface area (Å²) in [5.74, 6) is 0.723. The van der Waals surface area contributed by atoms with Gasteiger partial charge in [-0.2, -0.15) is 4.57 Å². The SMILES string of the molecule is CCOC(=O)C(=C=[N-])/C=C(/C(=O)c1ccc(Br)cc1)[n+]1ccc(N(C)C)cc1. The second-order valence-electron chi connectivity index (χ2n) is 5.97. The molecular weight excluding hydrogens is 422 g/mol. The molecule has 0 aliphatic carbocycles. The predicted octanol–water partition coefficient (Wildman–Crippen LogP) is 3.26. The highest BCUT2D eigenvalue weighted by molar-refractivity contribution is 9.10. The molecule has 28 heavy (non-hydrogen) atoms. The van der Waals surface area contributed by atoms with Gasteiger partial charge in [0.1, 0.15) is 0 Å². The fraction of sp³-hybridized carbons (Fsp3) is 0.190. The second-order valence-corrected chi connectivity index (χ2v) is 6.89. The van der Waals surface area contributed by atoms with Crippen molar-refractivity contribution in [3.05, 3.63) is 75.9 Å². The molecule has 1 heterocycles. The molecule has 0 saturated heterocycles. The number of ketones is 1. The van der Waals surface area contributed by atoms with E-state index in [2.05, 4.69) is 15.9 Å². The highest BCUT2D eigenvalue weighted by Gasteiger charge is 2.24. The molecule has 144 valence electrons. The summed E-state index contributed by atoms with van der Waals surface area (Å²) in [7, 11) is 3.82. The maximum atomic E-state index is 13.1. The van der Waals surface area contributed by atoms with Crippen LogP contribution < -0.4 is 9.47 Å². The van der Waals surface area contributed by atoms with Crippen molar-refractivity contribution >= 4 is 44.9 Å². The van der Waals surface area contributed by atoms with Gasteiger partial charge >= 0.3 is 5.97 Å². The summed E-state index contributed by atoms with van der Waals surface area (Å²) in [6, 6.07) is 10.5. The minimum atomic E-state index is -0.767. The van der Waals surface area contributed by atoms with Crippen molar-refractivity contribution in [3.8, 4) is 0 Å². The molecule has 0 bridgehead atoms. The van der Waals surface area contributed by atoms with E-state index in [-0.39, 0.29) is 23.7 Å². The standard InChI is InChI=1S/C21H20BrN3O3/c1-4-28-21(27)16(14-23)13-19(20(26)15-5-7-17(22)8-6-15)25-11-9-18(10-12-25)24(2)3/h5-13H,4H2,1-3H3/b19-13-. The minimum absolute atomic E-state index is 0.137. The van der Waals surface area contributed by atoms with Gasteiger partial charge in [0.25, 0.3) is 11.5 Å². The van der Waals surface area contributed by atoms with E-state index in [9.17, 15) is 15.0 Å². The molecule has 0 atom stereocenters. The lowest BCUT2D eigenvalue weighted by atomic mass is 10.1. The highest BCUT2D eigenvalue weighted by Crippen LogP contribution is 2.16. The molecule has 2 rings (SSSR count). The van der Waals surface area contributed by atoms with Crippen LogP contribution in [0.5, 0.6) is 0 Å². The van der Waals surface area contributed by atoms with E-state index in [0.29, 0.717) is 5.56 Å². The quantitative estimate of drug-likeness (QED) is 0.165. The van der Waals surface area contributed by atoms with Gasteiger partial charge in [-0.05, 0) is 31.2 Å². The normalized spacial score (nSPS) is 10.8. The molecule has 0 aliphatic heterocycles. The van der Waals surface area contributed by atoms with Gasteiger partial charge in [-0.3, -0.25) is 10.7 Å². The Morgan fingerprint density at radius 1 is 1.18 bits per heavy atom. The summed E-state index contributed by atoms with van der Waals surface area (Å²) in [5, 5.41) is 9.36. The van der Waals surface area contributed by atoms with Crippen molar-refractivity contribution in [2.75, 3.05) is 25.6 Å². The van der Waals surface area contributed by atoms with Crippen LogP contribution in [0.4, 0.5) is 5.69 Å². The molecule has 0 saturated carbocycles. The van der Waals surface area contributed by atoms with Crippen LogP contribution in [0.1, 0.15) is 17.3 Å². The molecule has 0 unspecified atom stereocenters. The van der Waals surface area contributed by atoms with Crippen LogP contribution in [0.15, 0.2) is 64.9 Å². The lowest BCUT2D eigenvalue weighted by Gasteiger charge is -2.11. The largest absolute Gasteiger partial charge is 0.763 e. The molecule has 0 amide bonds. The van der Waals surface area contributed by atoms with Gasteiger partial charge in [0.05, 0.1) is 12.2 Å². The van der Waals surface area contributed by atoms with Crippen molar-refractivity contribution in [1.82, 2.24) is 0 Å². The van der Waals surface area contributed by atoms with Gasteiger partial charge in [-0.25, -0.2) is 4.79 Å². The van der Waals surface area contributed by atoms with E-state index in [1.54, 1.807) is 48.1 Å². The molecule has 7 heteroatoms. The first-order valence-electron chi connectivity index (χ1n) is 8.52. The summed E-state index contributed by atoms with van der Waals surface area (Å²) in [4.78, 5) is 27.1. The van der Waals surface area contributed by atoms with Crippen molar-refractivity contribution in [2.45, 2.75) is 6.92 Å². The number of benzene rings is 1. The van der Waals surface area contributed by atoms with Crippen LogP contribution in [0.3, 0.4) is 0 Å². The molecule has 0 aliphatic rings. The highest BCUT2D eigenvalue weighted by atomic mass is 79.9. The van der Waals surface area contributed by atoms with E-state index in [1.807, 2.05) is 37.0 Å². The number of pyridine rings is 1. The average molecular weight is 442 g/mol. The Hall–Kier alpha value is -3.02. The summed E-state index contributed by atoms with van der Waals surface area (Å²) in [6.07, 6.45) is 4.67. The number of allylic oxidation sites excluding steroid dienone is 1. The number of carbonyl (C=O) groups is 2. The molecule has 0 spiro atoms. The number of esters is 1. The van der Waals surface area contributed by atoms with E-state index >= 15 is 0 Å². The fourth-order valence-electron chi connectivity index (χ4n) is 2.37. The first kappa shape index (κ1) is 21.3. The van der Waals surface area contributed by atoms with Gasteiger partial charge in [-0.1, -0.05) is 15.9 Å². The van der Waals surface area contributed by atoms with Gasteiger partial charge in [0.15, 0.2) is 12.4 Å². The average Bonchev–Trinajstić information content (AvgIpc) is 2.69. The Labute approximate surface area is 172 Å². The number of anilines is 1. The number of aromatic nitrogens is 1. The Balaban J connectivity index is 2.55. The van der Waals surface area contributed by atoms with E-state index in [1.165, 1.54) is 6.08 Å².